The summed E-state index contributed by atoms with van der Waals surface area (Å²) in [4.78, 5) is 14.9. The third kappa shape index (κ3) is 5.07. The molecule has 0 aliphatic carbocycles. The maximum Gasteiger partial charge on any atom is 0.272 e. The molecule has 0 spiro atoms. The van der Waals surface area contributed by atoms with E-state index in [2.05, 4.69) is 37.5 Å². The van der Waals surface area contributed by atoms with E-state index in [1.807, 2.05) is 13.0 Å². The van der Waals surface area contributed by atoms with Gasteiger partial charge in [0.2, 0.25) is 10.0 Å². The number of hydrogen-bond acceptors (Lipinski definition) is 4. The van der Waals surface area contributed by atoms with Crippen LogP contribution in [0.25, 0.3) is 0 Å². The highest BCUT2D eigenvalue weighted by atomic mass is 32.2. The van der Waals surface area contributed by atoms with Crippen LogP contribution in [0, 0.1) is 17.8 Å². The van der Waals surface area contributed by atoms with Gasteiger partial charge in [0.05, 0.1) is 11.9 Å². The van der Waals surface area contributed by atoms with Crippen molar-refractivity contribution in [2.45, 2.75) is 53.6 Å². The number of sulfonamides is 1. The van der Waals surface area contributed by atoms with Gasteiger partial charge in [-0.2, -0.15) is 5.10 Å². The number of aromatic nitrogens is 2. The molecule has 0 aromatic carbocycles. The summed E-state index contributed by atoms with van der Waals surface area (Å²) in [7, 11) is -3.32. The fraction of sp³-hybridized carbons (Fsp3) is 0.778. The van der Waals surface area contributed by atoms with Crippen molar-refractivity contribution in [3.05, 3.63) is 17.5 Å². The monoisotopic (exact) mass is 384 g/mol. The molecule has 1 aromatic heterocycles. The molecule has 2 rings (SSSR count). The Morgan fingerprint density at radius 1 is 1.31 bits per heavy atom. The molecule has 0 saturated carbocycles. The van der Waals surface area contributed by atoms with Crippen LogP contribution in [0.2, 0.25) is 0 Å². The van der Waals surface area contributed by atoms with Crippen molar-refractivity contribution in [3.8, 4) is 0 Å². The predicted octanol–water partition coefficient (Wildman–Crippen LogP) is 1.75. The average molecular weight is 385 g/mol. The van der Waals surface area contributed by atoms with E-state index >= 15 is 0 Å². The van der Waals surface area contributed by atoms with Crippen molar-refractivity contribution >= 4 is 15.9 Å². The molecule has 0 bridgehead atoms. The molecule has 148 valence electrons. The zero-order chi connectivity index (χ0) is 19.6. The third-order valence-electron chi connectivity index (χ3n) is 4.84. The fourth-order valence-electron chi connectivity index (χ4n) is 3.63. The lowest BCUT2D eigenvalue weighted by molar-refractivity contribution is 0.0770. The highest BCUT2D eigenvalue weighted by Crippen LogP contribution is 2.26. The van der Waals surface area contributed by atoms with Gasteiger partial charge in [-0.3, -0.25) is 9.48 Å². The standard InChI is InChI=1S/C18H32N4O3S/c1-7-22-17(9-14(19-22)8-12(2)3)18(23)21-10-15(13(4)5)16(11-21)20-26(6,24)25/h9,12-13,15-16,20H,7-8,10-11H2,1-6H3/t15-,16+/m0/s1. The summed E-state index contributed by atoms with van der Waals surface area (Å²) < 4.78 is 27.8. The molecule has 1 saturated heterocycles. The summed E-state index contributed by atoms with van der Waals surface area (Å²) >= 11 is 0. The van der Waals surface area contributed by atoms with Crippen LogP contribution in [0.15, 0.2) is 6.07 Å². The molecule has 1 aliphatic rings. The molecule has 0 radical (unpaired) electrons. The minimum absolute atomic E-state index is 0.0715. The Bertz CT molecular complexity index is 740. The molecule has 8 heteroatoms. The first-order valence-corrected chi connectivity index (χ1v) is 11.2. The maximum absolute atomic E-state index is 13.1. The maximum atomic E-state index is 13.1. The molecule has 0 unspecified atom stereocenters. The highest BCUT2D eigenvalue weighted by molar-refractivity contribution is 7.88. The van der Waals surface area contributed by atoms with Crippen LogP contribution in [0.4, 0.5) is 0 Å². The smallest absolute Gasteiger partial charge is 0.272 e. The van der Waals surface area contributed by atoms with Gasteiger partial charge in [-0.05, 0) is 37.2 Å². The molecule has 1 aliphatic heterocycles. The first-order chi connectivity index (χ1) is 12.0. The van der Waals surface area contributed by atoms with Crippen LogP contribution < -0.4 is 4.72 Å². The second-order valence-corrected chi connectivity index (χ2v) is 9.83. The van der Waals surface area contributed by atoms with E-state index in [1.165, 1.54) is 6.26 Å². The number of likely N-dealkylation sites (tertiary alicyclic amines) is 1. The molecule has 2 atom stereocenters. The largest absolute Gasteiger partial charge is 0.335 e. The normalized spacial score (nSPS) is 21.2. The summed E-state index contributed by atoms with van der Waals surface area (Å²) in [6, 6.07) is 1.63. The Labute approximate surface area is 157 Å². The number of amides is 1. The number of carbonyl (C=O) groups is 1. The first-order valence-electron chi connectivity index (χ1n) is 9.35. The van der Waals surface area contributed by atoms with Crippen LogP contribution in [-0.2, 0) is 23.0 Å². The summed E-state index contributed by atoms with van der Waals surface area (Å²) in [6.07, 6.45) is 2.00. The van der Waals surface area contributed by atoms with Crippen molar-refractivity contribution in [1.82, 2.24) is 19.4 Å². The average Bonchev–Trinajstić information content (AvgIpc) is 3.08. The molecular weight excluding hydrogens is 352 g/mol. The molecule has 1 amide bonds. The molecule has 1 fully saturated rings. The quantitative estimate of drug-likeness (QED) is 0.776. The lowest BCUT2D eigenvalue weighted by Gasteiger charge is -2.21. The molecule has 7 nitrogen and oxygen atoms in total. The van der Waals surface area contributed by atoms with E-state index in [0.29, 0.717) is 31.2 Å². The summed E-state index contributed by atoms with van der Waals surface area (Å²) in [5.41, 5.74) is 1.52. The minimum Gasteiger partial charge on any atom is -0.335 e. The van der Waals surface area contributed by atoms with Crippen molar-refractivity contribution in [1.29, 1.82) is 0 Å². The van der Waals surface area contributed by atoms with Crippen LogP contribution in [0.1, 0.15) is 50.8 Å². The lowest BCUT2D eigenvalue weighted by Crippen LogP contribution is -2.41. The third-order valence-corrected chi connectivity index (χ3v) is 5.57. The van der Waals surface area contributed by atoms with E-state index in [0.717, 1.165) is 12.1 Å². The first kappa shape index (κ1) is 20.9. The Morgan fingerprint density at radius 3 is 2.46 bits per heavy atom. The van der Waals surface area contributed by atoms with Gasteiger partial charge in [-0.25, -0.2) is 13.1 Å². The van der Waals surface area contributed by atoms with E-state index in [9.17, 15) is 13.2 Å². The van der Waals surface area contributed by atoms with Crippen molar-refractivity contribution < 1.29 is 13.2 Å². The van der Waals surface area contributed by atoms with Gasteiger partial charge in [0.15, 0.2) is 0 Å². The van der Waals surface area contributed by atoms with Crippen LogP contribution in [0.5, 0.6) is 0 Å². The van der Waals surface area contributed by atoms with Crippen LogP contribution in [0.3, 0.4) is 0 Å². The van der Waals surface area contributed by atoms with E-state index in [1.54, 1.807) is 9.58 Å². The zero-order valence-corrected chi connectivity index (χ0v) is 17.5. The van der Waals surface area contributed by atoms with Gasteiger partial charge in [0, 0.05) is 25.7 Å². The van der Waals surface area contributed by atoms with E-state index in [-0.39, 0.29) is 23.8 Å². The Kier molecular flexibility index (Phi) is 6.50. The van der Waals surface area contributed by atoms with E-state index in [4.69, 9.17) is 0 Å². The van der Waals surface area contributed by atoms with Gasteiger partial charge in [0.1, 0.15) is 5.69 Å². The molecule has 2 heterocycles. The van der Waals surface area contributed by atoms with Gasteiger partial charge < -0.3 is 4.90 Å². The fourth-order valence-corrected chi connectivity index (χ4v) is 4.43. The number of carbonyl (C=O) groups excluding carboxylic acids is 1. The predicted molar refractivity (Wildman–Crippen MR) is 102 cm³/mol. The summed E-state index contributed by atoms with van der Waals surface area (Å²) in [5, 5.41) is 4.55. The second kappa shape index (κ2) is 8.08. The number of hydrogen-bond donors (Lipinski definition) is 1. The Morgan fingerprint density at radius 2 is 1.96 bits per heavy atom. The lowest BCUT2D eigenvalue weighted by atomic mass is 9.92. The second-order valence-electron chi connectivity index (χ2n) is 8.05. The molecular formula is C18H32N4O3S. The highest BCUT2D eigenvalue weighted by Gasteiger charge is 2.39. The van der Waals surface area contributed by atoms with Crippen LogP contribution >= 0.6 is 0 Å². The van der Waals surface area contributed by atoms with Crippen LogP contribution in [-0.4, -0.2) is 54.4 Å². The van der Waals surface area contributed by atoms with Gasteiger partial charge in [-0.15, -0.1) is 0 Å². The number of nitrogens with zero attached hydrogens (tertiary/aromatic N) is 3. The number of rotatable bonds is 7. The minimum atomic E-state index is -3.32. The van der Waals surface area contributed by atoms with Crippen molar-refractivity contribution in [2.24, 2.45) is 17.8 Å². The Balaban J connectivity index is 2.23. The van der Waals surface area contributed by atoms with Gasteiger partial charge in [-0.1, -0.05) is 27.7 Å². The zero-order valence-electron chi connectivity index (χ0n) is 16.7. The summed E-state index contributed by atoms with van der Waals surface area (Å²) in [5.74, 6) is 0.776. The molecule has 26 heavy (non-hydrogen) atoms. The van der Waals surface area contributed by atoms with Gasteiger partial charge in [0.25, 0.3) is 5.91 Å². The topological polar surface area (TPSA) is 84.3 Å². The molecule has 1 aromatic rings. The Hall–Kier alpha value is -1.41. The van der Waals surface area contributed by atoms with E-state index < -0.39 is 10.0 Å². The van der Waals surface area contributed by atoms with Gasteiger partial charge >= 0.3 is 0 Å². The van der Waals surface area contributed by atoms with Crippen molar-refractivity contribution in [3.63, 3.8) is 0 Å². The van der Waals surface area contributed by atoms with Crippen molar-refractivity contribution in [2.75, 3.05) is 19.3 Å². The SMILES string of the molecule is CCn1nc(CC(C)C)cc1C(=O)N1C[C@@H](NS(C)(=O)=O)[C@H](C(C)C)C1. The molecule has 1 N–H and O–H groups in total. The number of aryl methyl sites for hydroxylation is 1. The number of nitrogens with one attached hydrogen (secondary N) is 1. The summed E-state index contributed by atoms with van der Waals surface area (Å²) in [6.45, 7) is 11.9.